The SMILES string of the molecule is CC(C)N1CCC(NCC2CCCCS2)CC1. The Bertz CT molecular complexity index is 206. The average molecular weight is 256 g/mol. The van der Waals surface area contributed by atoms with E-state index in [4.69, 9.17) is 0 Å². The fourth-order valence-electron chi connectivity index (χ4n) is 2.89. The van der Waals surface area contributed by atoms with Gasteiger partial charge in [0.2, 0.25) is 0 Å². The molecule has 3 heteroatoms. The van der Waals surface area contributed by atoms with Crippen molar-refractivity contribution >= 4 is 11.8 Å². The lowest BCUT2D eigenvalue weighted by Gasteiger charge is -2.35. The zero-order valence-corrected chi connectivity index (χ0v) is 12.3. The Hall–Kier alpha value is 0.270. The molecule has 0 aromatic rings. The molecule has 0 bridgehead atoms. The number of likely N-dealkylation sites (tertiary alicyclic amines) is 1. The molecule has 2 nitrogen and oxygen atoms in total. The van der Waals surface area contributed by atoms with Crippen LogP contribution in [0.2, 0.25) is 0 Å². The van der Waals surface area contributed by atoms with Crippen LogP contribution in [0.3, 0.4) is 0 Å². The summed E-state index contributed by atoms with van der Waals surface area (Å²) in [5, 5.41) is 4.70. The van der Waals surface area contributed by atoms with Crippen LogP contribution in [-0.2, 0) is 0 Å². The summed E-state index contributed by atoms with van der Waals surface area (Å²) in [7, 11) is 0. The number of nitrogens with one attached hydrogen (secondary N) is 1. The van der Waals surface area contributed by atoms with Gasteiger partial charge >= 0.3 is 0 Å². The van der Waals surface area contributed by atoms with Crippen molar-refractivity contribution in [3.05, 3.63) is 0 Å². The number of nitrogens with zero attached hydrogens (tertiary/aromatic N) is 1. The first-order valence-electron chi connectivity index (χ1n) is 7.34. The molecule has 17 heavy (non-hydrogen) atoms. The van der Waals surface area contributed by atoms with Gasteiger partial charge < -0.3 is 10.2 Å². The Morgan fingerprint density at radius 1 is 1.18 bits per heavy atom. The van der Waals surface area contributed by atoms with Gasteiger partial charge in [0.15, 0.2) is 0 Å². The van der Waals surface area contributed by atoms with E-state index >= 15 is 0 Å². The standard InChI is InChI=1S/C14H28N2S/c1-12(2)16-8-6-13(7-9-16)15-11-14-5-3-4-10-17-14/h12-15H,3-11H2,1-2H3. The third kappa shape index (κ3) is 4.46. The van der Waals surface area contributed by atoms with Crippen LogP contribution in [0.1, 0.15) is 46.0 Å². The average Bonchev–Trinajstić information content (AvgIpc) is 2.38. The molecule has 1 unspecified atom stereocenters. The van der Waals surface area contributed by atoms with Crippen molar-refractivity contribution in [1.82, 2.24) is 10.2 Å². The van der Waals surface area contributed by atoms with Gasteiger partial charge in [0.25, 0.3) is 0 Å². The number of thioether (sulfide) groups is 1. The Balaban J connectivity index is 1.61. The molecule has 0 radical (unpaired) electrons. The van der Waals surface area contributed by atoms with Crippen LogP contribution in [0.15, 0.2) is 0 Å². The smallest absolute Gasteiger partial charge is 0.0172 e. The quantitative estimate of drug-likeness (QED) is 0.832. The van der Waals surface area contributed by atoms with Gasteiger partial charge in [0.05, 0.1) is 0 Å². The second-order valence-electron chi connectivity index (χ2n) is 5.80. The zero-order valence-electron chi connectivity index (χ0n) is 11.5. The molecule has 0 spiro atoms. The van der Waals surface area contributed by atoms with Gasteiger partial charge in [-0.3, -0.25) is 0 Å². The third-order valence-corrected chi connectivity index (χ3v) is 5.57. The van der Waals surface area contributed by atoms with Gasteiger partial charge in [-0.2, -0.15) is 11.8 Å². The molecule has 2 heterocycles. The molecule has 1 N–H and O–H groups in total. The summed E-state index contributed by atoms with van der Waals surface area (Å²) in [4.78, 5) is 2.60. The third-order valence-electron chi connectivity index (χ3n) is 4.17. The van der Waals surface area contributed by atoms with Crippen LogP contribution in [-0.4, -0.2) is 47.6 Å². The predicted molar refractivity (Wildman–Crippen MR) is 77.8 cm³/mol. The molecular weight excluding hydrogens is 228 g/mol. The Morgan fingerprint density at radius 3 is 2.53 bits per heavy atom. The monoisotopic (exact) mass is 256 g/mol. The lowest BCUT2D eigenvalue weighted by atomic mass is 10.0. The summed E-state index contributed by atoms with van der Waals surface area (Å²) >= 11 is 2.18. The first-order valence-corrected chi connectivity index (χ1v) is 8.39. The molecular formula is C14H28N2S. The van der Waals surface area contributed by atoms with E-state index < -0.39 is 0 Å². The molecule has 2 rings (SSSR count). The van der Waals surface area contributed by atoms with Gasteiger partial charge in [-0.1, -0.05) is 6.42 Å². The number of rotatable bonds is 4. The number of hydrogen-bond acceptors (Lipinski definition) is 3. The maximum Gasteiger partial charge on any atom is 0.0172 e. The normalized spacial score (nSPS) is 28.8. The molecule has 0 amide bonds. The van der Waals surface area contributed by atoms with Gasteiger partial charge in [0, 0.05) is 23.9 Å². The Kier molecular flexibility index (Phi) is 5.64. The molecule has 0 aromatic heterocycles. The number of piperidine rings is 1. The van der Waals surface area contributed by atoms with E-state index in [0.717, 1.165) is 17.3 Å². The topological polar surface area (TPSA) is 15.3 Å². The van der Waals surface area contributed by atoms with Gasteiger partial charge in [-0.15, -0.1) is 0 Å². The molecule has 1 atom stereocenters. The highest BCUT2D eigenvalue weighted by Crippen LogP contribution is 2.24. The van der Waals surface area contributed by atoms with E-state index in [2.05, 4.69) is 35.8 Å². The summed E-state index contributed by atoms with van der Waals surface area (Å²) in [6.07, 6.45) is 7.01. The lowest BCUT2D eigenvalue weighted by molar-refractivity contribution is 0.161. The van der Waals surface area contributed by atoms with E-state index in [-0.39, 0.29) is 0 Å². The summed E-state index contributed by atoms with van der Waals surface area (Å²) < 4.78 is 0. The van der Waals surface area contributed by atoms with Crippen LogP contribution in [0.4, 0.5) is 0 Å². The maximum absolute atomic E-state index is 3.80. The fourth-order valence-corrected chi connectivity index (χ4v) is 4.14. The molecule has 0 saturated carbocycles. The van der Waals surface area contributed by atoms with E-state index in [9.17, 15) is 0 Å². The maximum atomic E-state index is 3.80. The van der Waals surface area contributed by atoms with Gasteiger partial charge in [-0.25, -0.2) is 0 Å². The first kappa shape index (κ1) is 13.7. The van der Waals surface area contributed by atoms with Crippen LogP contribution in [0, 0.1) is 0 Å². The summed E-state index contributed by atoms with van der Waals surface area (Å²) in [5.41, 5.74) is 0. The molecule has 0 aromatic carbocycles. The molecule has 2 aliphatic heterocycles. The zero-order chi connectivity index (χ0) is 12.1. The van der Waals surface area contributed by atoms with E-state index in [1.807, 2.05) is 0 Å². The highest BCUT2D eigenvalue weighted by atomic mass is 32.2. The molecule has 2 aliphatic rings. The van der Waals surface area contributed by atoms with Crippen LogP contribution < -0.4 is 5.32 Å². The Morgan fingerprint density at radius 2 is 1.94 bits per heavy atom. The lowest BCUT2D eigenvalue weighted by Crippen LogP contribution is -2.46. The minimum atomic E-state index is 0.727. The highest BCUT2D eigenvalue weighted by Gasteiger charge is 2.21. The van der Waals surface area contributed by atoms with Crippen molar-refractivity contribution in [1.29, 1.82) is 0 Å². The van der Waals surface area contributed by atoms with E-state index in [0.29, 0.717) is 0 Å². The predicted octanol–water partition coefficient (Wildman–Crippen LogP) is 2.73. The van der Waals surface area contributed by atoms with Crippen LogP contribution >= 0.6 is 11.8 Å². The summed E-state index contributed by atoms with van der Waals surface area (Å²) in [6.45, 7) is 8.44. The second kappa shape index (κ2) is 7.01. The summed E-state index contributed by atoms with van der Waals surface area (Å²) in [6, 6.07) is 1.51. The largest absolute Gasteiger partial charge is 0.313 e. The molecule has 100 valence electrons. The molecule has 2 fully saturated rings. The first-order chi connectivity index (χ1) is 8.25. The summed E-state index contributed by atoms with van der Waals surface area (Å²) in [5.74, 6) is 1.39. The Labute approximate surface area is 111 Å². The minimum Gasteiger partial charge on any atom is -0.313 e. The second-order valence-corrected chi connectivity index (χ2v) is 7.21. The van der Waals surface area contributed by atoms with Crippen molar-refractivity contribution in [3.8, 4) is 0 Å². The van der Waals surface area contributed by atoms with Crippen LogP contribution in [0.25, 0.3) is 0 Å². The van der Waals surface area contributed by atoms with E-state index in [1.54, 1.807) is 0 Å². The van der Waals surface area contributed by atoms with Gasteiger partial charge in [-0.05, 0) is 58.4 Å². The number of hydrogen-bond donors (Lipinski definition) is 1. The molecule has 2 saturated heterocycles. The van der Waals surface area contributed by atoms with Crippen molar-refractivity contribution < 1.29 is 0 Å². The van der Waals surface area contributed by atoms with E-state index in [1.165, 1.54) is 57.5 Å². The van der Waals surface area contributed by atoms with Crippen LogP contribution in [0.5, 0.6) is 0 Å². The van der Waals surface area contributed by atoms with Crippen molar-refractivity contribution in [2.24, 2.45) is 0 Å². The minimum absolute atomic E-state index is 0.727. The van der Waals surface area contributed by atoms with Crippen molar-refractivity contribution in [3.63, 3.8) is 0 Å². The van der Waals surface area contributed by atoms with Crippen molar-refractivity contribution in [2.45, 2.75) is 63.3 Å². The van der Waals surface area contributed by atoms with Gasteiger partial charge in [0.1, 0.15) is 0 Å². The fraction of sp³-hybridized carbons (Fsp3) is 1.00. The molecule has 0 aliphatic carbocycles. The van der Waals surface area contributed by atoms with Crippen molar-refractivity contribution in [2.75, 3.05) is 25.4 Å². The highest BCUT2D eigenvalue weighted by molar-refractivity contribution is 7.99.